The van der Waals surface area contributed by atoms with Gasteiger partial charge in [-0.2, -0.15) is 10.1 Å². The van der Waals surface area contributed by atoms with Crippen LogP contribution in [0.3, 0.4) is 0 Å². The Morgan fingerprint density at radius 2 is 2.00 bits per heavy atom. The number of benzene rings is 2. The molecule has 1 unspecified atom stereocenters. The fraction of sp³-hybridized carbons (Fsp3) is 0.200. The van der Waals surface area contributed by atoms with Crippen molar-refractivity contribution in [2.24, 2.45) is 12.1 Å². The zero-order valence-corrected chi connectivity index (χ0v) is 21.5. The summed E-state index contributed by atoms with van der Waals surface area (Å²) >= 11 is 12.0. The number of aryl methyl sites for hydroxylation is 1. The van der Waals surface area contributed by atoms with Crippen LogP contribution in [0.25, 0.3) is 17.2 Å². The van der Waals surface area contributed by atoms with Gasteiger partial charge in [0.05, 0.1) is 17.3 Å². The molecule has 37 heavy (non-hydrogen) atoms. The highest BCUT2D eigenvalue weighted by molar-refractivity contribution is 6.35. The monoisotopic (exact) mass is 542 g/mol. The first-order chi connectivity index (χ1) is 17.7. The van der Waals surface area contributed by atoms with E-state index in [2.05, 4.69) is 20.5 Å². The van der Waals surface area contributed by atoms with E-state index in [1.165, 1.54) is 22.2 Å². The van der Waals surface area contributed by atoms with Crippen LogP contribution in [0.1, 0.15) is 12.5 Å². The predicted molar refractivity (Wildman–Crippen MR) is 146 cm³/mol. The van der Waals surface area contributed by atoms with Crippen LogP contribution < -0.4 is 21.4 Å². The van der Waals surface area contributed by atoms with Gasteiger partial charge < -0.3 is 14.4 Å². The Balaban J connectivity index is 1.60. The van der Waals surface area contributed by atoms with Crippen molar-refractivity contribution in [3.63, 3.8) is 0 Å². The van der Waals surface area contributed by atoms with Crippen molar-refractivity contribution >= 4 is 52.1 Å². The van der Waals surface area contributed by atoms with Gasteiger partial charge in [0.1, 0.15) is 18.5 Å². The number of imidazole rings is 1. The molecule has 0 aliphatic heterocycles. The number of nitrogens with zero attached hydrogens (tertiary/aromatic N) is 4. The lowest BCUT2D eigenvalue weighted by molar-refractivity contribution is 0.0939. The number of rotatable bonds is 9. The molecule has 0 aliphatic rings. The molecule has 10 nitrogen and oxygen atoms in total. The van der Waals surface area contributed by atoms with Crippen LogP contribution in [0.15, 0.2) is 69.3 Å². The van der Waals surface area contributed by atoms with Crippen LogP contribution in [0.2, 0.25) is 10.0 Å². The number of anilines is 1. The molecule has 3 N–H and O–H groups in total. The minimum absolute atomic E-state index is 0.0836. The largest absolute Gasteiger partial charge is 0.489 e. The van der Waals surface area contributed by atoms with Gasteiger partial charge in [-0.05, 0) is 36.8 Å². The number of H-pyrrole nitrogens is 1. The molecular weight excluding hydrogens is 519 g/mol. The zero-order chi connectivity index (χ0) is 26.5. The molecule has 2 heterocycles. The summed E-state index contributed by atoms with van der Waals surface area (Å²) in [6.45, 7) is 1.58. The lowest BCUT2D eigenvalue weighted by Crippen LogP contribution is -2.30. The molecule has 4 aromatic rings. The van der Waals surface area contributed by atoms with Crippen LogP contribution >= 0.6 is 23.2 Å². The second kappa shape index (κ2) is 11.5. The number of aromatic amines is 1. The lowest BCUT2D eigenvalue weighted by atomic mass is 10.2. The summed E-state index contributed by atoms with van der Waals surface area (Å²) in [5.41, 5.74) is 3.46. The highest BCUT2D eigenvalue weighted by Gasteiger charge is 2.20. The van der Waals surface area contributed by atoms with Crippen molar-refractivity contribution in [3.05, 3.63) is 91.1 Å². The Bertz CT molecular complexity index is 1590. The van der Waals surface area contributed by atoms with Gasteiger partial charge in [0.25, 0.3) is 5.56 Å². The smallest absolute Gasteiger partial charge is 0.329 e. The molecule has 0 fully saturated rings. The van der Waals surface area contributed by atoms with Crippen molar-refractivity contribution < 1.29 is 9.84 Å². The molecule has 1 atom stereocenters. The normalized spacial score (nSPS) is 12.8. The summed E-state index contributed by atoms with van der Waals surface area (Å²) < 4.78 is 8.28. The summed E-state index contributed by atoms with van der Waals surface area (Å²) in [6.07, 6.45) is 2.65. The van der Waals surface area contributed by atoms with Crippen molar-refractivity contribution in [2.45, 2.75) is 19.6 Å². The van der Waals surface area contributed by atoms with Gasteiger partial charge in [-0.3, -0.25) is 14.3 Å². The zero-order valence-electron chi connectivity index (χ0n) is 20.0. The third kappa shape index (κ3) is 6.29. The molecule has 192 valence electrons. The van der Waals surface area contributed by atoms with Crippen LogP contribution in [-0.4, -0.2) is 42.6 Å². The average Bonchev–Trinajstić information content (AvgIpc) is 3.23. The Morgan fingerprint density at radius 1 is 1.24 bits per heavy atom. The first kappa shape index (κ1) is 26.2. The van der Waals surface area contributed by atoms with E-state index in [-0.39, 0.29) is 30.3 Å². The average molecular weight is 543 g/mol. The molecule has 0 saturated carbocycles. The quantitative estimate of drug-likeness (QED) is 0.219. The Kier molecular flexibility index (Phi) is 8.12. The minimum Gasteiger partial charge on any atom is -0.489 e. The van der Waals surface area contributed by atoms with Crippen molar-refractivity contribution in [2.75, 3.05) is 12.0 Å². The summed E-state index contributed by atoms with van der Waals surface area (Å²) in [5.74, 6) is 0.516. The standard InChI is InChI=1S/C25H24Cl2N6O4/c1-15(8-9-16-6-4-3-5-7-16)30-31-24-28-22-21(23(35)29-25(36)32(22)2)33(24)13-18(34)14-37-20-11-10-17(26)12-19(20)27/h3-12,18,34H,13-14H2,1-2H3,(H,28,31)(H,29,35,36)/b9-8+,30-15-. The Hall–Kier alpha value is -3.86. The number of aliphatic hydroxyl groups is 1. The van der Waals surface area contributed by atoms with E-state index in [1.807, 2.05) is 42.5 Å². The van der Waals surface area contributed by atoms with Crippen molar-refractivity contribution in [1.29, 1.82) is 0 Å². The fourth-order valence-electron chi connectivity index (χ4n) is 3.50. The van der Waals surface area contributed by atoms with Gasteiger partial charge in [0, 0.05) is 12.1 Å². The molecule has 12 heteroatoms. The van der Waals surface area contributed by atoms with E-state index in [9.17, 15) is 14.7 Å². The number of halogens is 2. The van der Waals surface area contributed by atoms with Gasteiger partial charge in [0.15, 0.2) is 11.2 Å². The highest BCUT2D eigenvalue weighted by Crippen LogP contribution is 2.27. The maximum atomic E-state index is 12.7. The molecule has 0 spiro atoms. The van der Waals surface area contributed by atoms with Crippen molar-refractivity contribution in [1.82, 2.24) is 19.1 Å². The van der Waals surface area contributed by atoms with Gasteiger partial charge in [0.2, 0.25) is 5.95 Å². The molecule has 0 saturated heterocycles. The predicted octanol–water partition coefficient (Wildman–Crippen LogP) is 3.67. The minimum atomic E-state index is -1.07. The number of hydrogen-bond acceptors (Lipinski definition) is 7. The molecule has 0 aliphatic carbocycles. The molecule has 0 radical (unpaired) electrons. The van der Waals surface area contributed by atoms with E-state index in [0.717, 1.165) is 5.56 Å². The first-order valence-electron chi connectivity index (χ1n) is 11.2. The molecular formula is C25H24Cl2N6O4. The van der Waals surface area contributed by atoms with E-state index in [1.54, 1.807) is 19.1 Å². The van der Waals surface area contributed by atoms with Gasteiger partial charge in [-0.1, -0.05) is 59.6 Å². The van der Waals surface area contributed by atoms with Gasteiger partial charge in [-0.15, -0.1) is 0 Å². The number of hydrogen-bond donors (Lipinski definition) is 3. The maximum Gasteiger partial charge on any atom is 0.329 e. The third-order valence-electron chi connectivity index (χ3n) is 5.37. The number of ether oxygens (including phenoxy) is 1. The van der Waals surface area contributed by atoms with E-state index in [4.69, 9.17) is 27.9 Å². The lowest BCUT2D eigenvalue weighted by Gasteiger charge is -2.15. The second-order valence-electron chi connectivity index (χ2n) is 8.19. The number of fused-ring (bicyclic) bond motifs is 1. The Morgan fingerprint density at radius 3 is 2.73 bits per heavy atom. The summed E-state index contributed by atoms with van der Waals surface area (Å²) in [6, 6.07) is 14.5. The number of hydrazone groups is 1. The van der Waals surface area contributed by atoms with Crippen LogP contribution in [-0.2, 0) is 13.6 Å². The van der Waals surface area contributed by atoms with Gasteiger partial charge >= 0.3 is 5.69 Å². The van der Waals surface area contributed by atoms with Crippen LogP contribution in [0.4, 0.5) is 5.95 Å². The van der Waals surface area contributed by atoms with Crippen molar-refractivity contribution in [3.8, 4) is 5.75 Å². The molecule has 2 aromatic carbocycles. The highest BCUT2D eigenvalue weighted by atomic mass is 35.5. The molecule has 4 rings (SSSR count). The number of aromatic nitrogens is 4. The fourth-order valence-corrected chi connectivity index (χ4v) is 3.96. The summed E-state index contributed by atoms with van der Waals surface area (Å²) in [7, 11) is 1.49. The maximum absolute atomic E-state index is 12.7. The molecule has 2 aromatic heterocycles. The summed E-state index contributed by atoms with van der Waals surface area (Å²) in [4.78, 5) is 31.4. The van der Waals surface area contributed by atoms with E-state index in [0.29, 0.717) is 21.5 Å². The molecule has 0 bridgehead atoms. The number of aliphatic hydroxyl groups excluding tert-OH is 1. The van der Waals surface area contributed by atoms with Crippen LogP contribution in [0, 0.1) is 0 Å². The number of allylic oxidation sites excluding steroid dienone is 1. The number of nitrogens with one attached hydrogen (secondary N) is 2. The SMILES string of the molecule is CC(/C=C/c1ccccc1)=N/Nc1nc2c(c(=O)[nH]c(=O)n2C)n1CC(O)COc1ccc(Cl)cc1Cl. The second-order valence-corrected chi connectivity index (χ2v) is 9.03. The van der Waals surface area contributed by atoms with E-state index < -0.39 is 17.4 Å². The third-order valence-corrected chi connectivity index (χ3v) is 5.90. The topological polar surface area (TPSA) is 127 Å². The first-order valence-corrected chi connectivity index (χ1v) is 12.0. The summed E-state index contributed by atoms with van der Waals surface area (Å²) in [5, 5.41) is 15.8. The van der Waals surface area contributed by atoms with Crippen LogP contribution in [0.5, 0.6) is 5.75 Å². The van der Waals surface area contributed by atoms with Gasteiger partial charge in [-0.25, -0.2) is 10.2 Å². The molecule has 0 amide bonds. The Labute approximate surface area is 221 Å². The van der Waals surface area contributed by atoms with E-state index >= 15 is 0 Å².